The number of ether oxygens (including phenoxy) is 1. The molecule has 27 heavy (non-hydrogen) atoms. The van der Waals surface area contributed by atoms with Crippen LogP contribution in [0.3, 0.4) is 0 Å². The molecule has 0 saturated heterocycles. The van der Waals surface area contributed by atoms with E-state index in [1.54, 1.807) is 36.1 Å². The van der Waals surface area contributed by atoms with Gasteiger partial charge in [0.1, 0.15) is 22.5 Å². The fraction of sp³-hybridized carbons (Fsp3) is 0.158. The number of amides is 1. The Hall–Kier alpha value is -3.68. The smallest absolute Gasteiger partial charge is 0.257 e. The molecule has 4 rings (SSSR count). The van der Waals surface area contributed by atoms with Gasteiger partial charge in [0.2, 0.25) is 0 Å². The van der Waals surface area contributed by atoms with Crippen LogP contribution in [0.25, 0.3) is 16.7 Å². The summed E-state index contributed by atoms with van der Waals surface area (Å²) in [5.74, 6) is 0.553. The fourth-order valence-electron chi connectivity index (χ4n) is 2.88. The van der Waals surface area contributed by atoms with Crippen molar-refractivity contribution in [3.05, 3.63) is 66.0 Å². The van der Waals surface area contributed by atoms with Crippen LogP contribution >= 0.6 is 0 Å². The molecule has 2 aromatic carbocycles. The van der Waals surface area contributed by atoms with Crippen LogP contribution in [-0.2, 0) is 6.54 Å². The van der Waals surface area contributed by atoms with Gasteiger partial charge in [-0.25, -0.2) is 9.31 Å². The molecule has 2 heterocycles. The highest BCUT2D eigenvalue weighted by molar-refractivity contribution is 5.93. The topological polar surface area (TPSA) is 86.3 Å². The quantitative estimate of drug-likeness (QED) is 0.542. The Balaban J connectivity index is 1.53. The van der Waals surface area contributed by atoms with Gasteiger partial charge in [0.15, 0.2) is 0 Å². The van der Waals surface area contributed by atoms with Crippen LogP contribution in [0, 0.1) is 0 Å². The lowest BCUT2D eigenvalue weighted by Crippen LogP contribution is -2.25. The molecule has 0 atom stereocenters. The van der Waals surface area contributed by atoms with Crippen LogP contribution in [0.4, 0.5) is 0 Å². The molecule has 4 aromatic rings. The number of para-hydroxylation sites is 2. The van der Waals surface area contributed by atoms with E-state index in [1.807, 2.05) is 42.5 Å². The summed E-state index contributed by atoms with van der Waals surface area (Å²) in [6.07, 6.45) is 3.25. The third kappa shape index (κ3) is 3.24. The van der Waals surface area contributed by atoms with Gasteiger partial charge in [-0.15, -0.1) is 0 Å². The zero-order valence-electron chi connectivity index (χ0n) is 14.9. The molecule has 0 bridgehead atoms. The highest BCUT2D eigenvalue weighted by Gasteiger charge is 2.16. The summed E-state index contributed by atoms with van der Waals surface area (Å²) in [5.41, 5.74) is 3.55. The van der Waals surface area contributed by atoms with E-state index >= 15 is 0 Å². The Morgan fingerprint density at radius 1 is 1.19 bits per heavy atom. The molecule has 136 valence electrons. The van der Waals surface area contributed by atoms with Crippen molar-refractivity contribution in [2.45, 2.75) is 6.54 Å². The standard InChI is InChI=1S/C19H17N5O3/c1-23(11-13-7-8-15-16(9-13)22-27-21-15)19(25)14-10-20-24(12-14)17-5-3-4-6-18(17)26-2/h3-10,12H,11H2,1-2H3. The lowest BCUT2D eigenvalue weighted by molar-refractivity contribution is 0.0785. The number of hydrogen-bond acceptors (Lipinski definition) is 6. The maximum atomic E-state index is 12.8. The number of hydrogen-bond donors (Lipinski definition) is 0. The summed E-state index contributed by atoms with van der Waals surface area (Å²) in [7, 11) is 3.34. The van der Waals surface area contributed by atoms with Crippen LogP contribution in [0.15, 0.2) is 59.5 Å². The zero-order valence-corrected chi connectivity index (χ0v) is 14.9. The zero-order chi connectivity index (χ0) is 18.8. The molecule has 0 spiro atoms. The van der Waals surface area contributed by atoms with Gasteiger partial charge < -0.3 is 9.64 Å². The van der Waals surface area contributed by atoms with E-state index in [0.29, 0.717) is 28.9 Å². The van der Waals surface area contributed by atoms with Gasteiger partial charge in [0.05, 0.1) is 18.9 Å². The molecule has 0 aliphatic rings. The fourth-order valence-corrected chi connectivity index (χ4v) is 2.88. The number of carbonyl (C=O) groups is 1. The second-order valence-electron chi connectivity index (χ2n) is 6.09. The van der Waals surface area contributed by atoms with Crippen molar-refractivity contribution in [2.24, 2.45) is 0 Å². The SMILES string of the molecule is COc1ccccc1-n1cc(C(=O)N(C)Cc2ccc3nonc3c2)cn1. The molecule has 0 saturated carbocycles. The normalized spacial score (nSPS) is 10.9. The van der Waals surface area contributed by atoms with Gasteiger partial charge in [-0.05, 0) is 40.1 Å². The van der Waals surface area contributed by atoms with Crippen molar-refractivity contribution >= 4 is 16.9 Å². The third-order valence-corrected chi connectivity index (χ3v) is 4.25. The van der Waals surface area contributed by atoms with E-state index < -0.39 is 0 Å². The van der Waals surface area contributed by atoms with Gasteiger partial charge in [0, 0.05) is 19.8 Å². The average molecular weight is 363 g/mol. The van der Waals surface area contributed by atoms with Gasteiger partial charge >= 0.3 is 0 Å². The number of benzene rings is 2. The highest BCUT2D eigenvalue weighted by atomic mass is 16.6. The van der Waals surface area contributed by atoms with Gasteiger partial charge in [-0.3, -0.25) is 4.79 Å². The molecular weight excluding hydrogens is 346 g/mol. The number of methoxy groups -OCH3 is 1. The number of carbonyl (C=O) groups excluding carboxylic acids is 1. The maximum Gasteiger partial charge on any atom is 0.257 e. The molecule has 0 aliphatic carbocycles. The number of nitrogens with zero attached hydrogens (tertiary/aromatic N) is 5. The summed E-state index contributed by atoms with van der Waals surface area (Å²) in [5, 5.41) is 11.9. The molecule has 0 radical (unpaired) electrons. The van der Waals surface area contributed by atoms with E-state index in [4.69, 9.17) is 9.37 Å². The van der Waals surface area contributed by atoms with Crippen LogP contribution in [0.5, 0.6) is 5.75 Å². The summed E-state index contributed by atoms with van der Waals surface area (Å²) < 4.78 is 11.7. The minimum Gasteiger partial charge on any atom is -0.494 e. The van der Waals surface area contributed by atoms with E-state index in [9.17, 15) is 4.79 Å². The predicted molar refractivity (Wildman–Crippen MR) is 97.7 cm³/mol. The van der Waals surface area contributed by atoms with E-state index in [-0.39, 0.29) is 5.91 Å². The Bertz CT molecular complexity index is 1100. The molecule has 0 fully saturated rings. The van der Waals surface area contributed by atoms with Crippen LogP contribution in [-0.4, -0.2) is 45.1 Å². The van der Waals surface area contributed by atoms with Crippen molar-refractivity contribution in [3.63, 3.8) is 0 Å². The number of aromatic nitrogens is 4. The molecule has 0 aliphatic heterocycles. The second kappa shape index (κ2) is 6.91. The average Bonchev–Trinajstić information content (AvgIpc) is 3.36. The first-order valence-electron chi connectivity index (χ1n) is 8.30. The molecule has 0 N–H and O–H groups in total. The molecule has 2 aromatic heterocycles. The van der Waals surface area contributed by atoms with Gasteiger partial charge in [-0.1, -0.05) is 18.2 Å². The first-order chi connectivity index (χ1) is 13.2. The monoisotopic (exact) mass is 363 g/mol. The van der Waals surface area contributed by atoms with Crippen molar-refractivity contribution in [3.8, 4) is 11.4 Å². The number of fused-ring (bicyclic) bond motifs is 1. The first kappa shape index (κ1) is 16.8. The van der Waals surface area contributed by atoms with Crippen molar-refractivity contribution in [1.29, 1.82) is 0 Å². The van der Waals surface area contributed by atoms with Crippen LogP contribution < -0.4 is 4.74 Å². The van der Waals surface area contributed by atoms with Crippen LogP contribution in [0.1, 0.15) is 15.9 Å². The van der Waals surface area contributed by atoms with E-state index in [2.05, 4.69) is 15.4 Å². The molecule has 1 amide bonds. The summed E-state index contributed by atoms with van der Waals surface area (Å²) in [6, 6.07) is 13.1. The Morgan fingerprint density at radius 3 is 2.85 bits per heavy atom. The second-order valence-corrected chi connectivity index (χ2v) is 6.09. The lowest BCUT2D eigenvalue weighted by Gasteiger charge is -2.16. The largest absolute Gasteiger partial charge is 0.494 e. The van der Waals surface area contributed by atoms with E-state index in [1.165, 1.54) is 0 Å². The molecular formula is C19H17N5O3. The Morgan fingerprint density at radius 2 is 2.00 bits per heavy atom. The summed E-state index contributed by atoms with van der Waals surface area (Å²) in [6.45, 7) is 0.432. The minimum atomic E-state index is -0.130. The molecule has 8 nitrogen and oxygen atoms in total. The molecule has 0 unspecified atom stereocenters. The van der Waals surface area contributed by atoms with Crippen molar-refractivity contribution in [2.75, 3.05) is 14.2 Å². The van der Waals surface area contributed by atoms with Crippen molar-refractivity contribution in [1.82, 2.24) is 25.0 Å². The maximum absolute atomic E-state index is 12.8. The van der Waals surface area contributed by atoms with Crippen LogP contribution in [0.2, 0.25) is 0 Å². The van der Waals surface area contributed by atoms with Gasteiger partial charge in [0.25, 0.3) is 5.91 Å². The Kier molecular flexibility index (Phi) is 4.29. The highest BCUT2D eigenvalue weighted by Crippen LogP contribution is 2.22. The summed E-state index contributed by atoms with van der Waals surface area (Å²) >= 11 is 0. The Labute approximate surface area is 154 Å². The first-order valence-corrected chi connectivity index (χ1v) is 8.30. The van der Waals surface area contributed by atoms with Crippen molar-refractivity contribution < 1.29 is 14.2 Å². The number of rotatable bonds is 5. The lowest BCUT2D eigenvalue weighted by atomic mass is 10.2. The third-order valence-electron chi connectivity index (χ3n) is 4.25. The predicted octanol–water partition coefficient (Wildman–Crippen LogP) is 2.69. The summed E-state index contributed by atoms with van der Waals surface area (Å²) in [4.78, 5) is 14.4. The molecule has 8 heteroatoms. The van der Waals surface area contributed by atoms with Gasteiger partial charge in [-0.2, -0.15) is 5.10 Å². The van der Waals surface area contributed by atoms with E-state index in [0.717, 1.165) is 11.3 Å². The minimum absolute atomic E-state index is 0.130.